The number of aromatic nitrogens is 1. The van der Waals surface area contributed by atoms with Crippen molar-refractivity contribution in [1.82, 2.24) is 4.57 Å². The monoisotopic (exact) mass is 379 g/mol. The van der Waals surface area contributed by atoms with Gasteiger partial charge in [0.25, 0.3) is 0 Å². The van der Waals surface area contributed by atoms with E-state index in [-0.39, 0.29) is 6.61 Å². The van der Waals surface area contributed by atoms with Gasteiger partial charge < -0.3 is 9.30 Å². The lowest BCUT2D eigenvalue weighted by Crippen LogP contribution is -2.23. The standard InChI is InChI=1S/C19H13F4NO3/c1-2-27-19(26)11-9-24(8-10-12(20)4-3-5-13(10)21)17-15(23)7-6-14(22)16(17)18(11)25/h3-7,9H,2,8H2,1H3. The molecule has 0 unspecified atom stereocenters. The minimum Gasteiger partial charge on any atom is -0.462 e. The van der Waals surface area contributed by atoms with Gasteiger partial charge in [0, 0.05) is 11.8 Å². The molecule has 27 heavy (non-hydrogen) atoms. The maximum absolute atomic E-state index is 14.4. The van der Waals surface area contributed by atoms with Gasteiger partial charge in [0.15, 0.2) is 0 Å². The first-order valence-electron chi connectivity index (χ1n) is 7.96. The highest BCUT2D eigenvalue weighted by Gasteiger charge is 2.22. The van der Waals surface area contributed by atoms with E-state index >= 15 is 0 Å². The molecule has 0 aliphatic heterocycles. The molecular weight excluding hydrogens is 366 g/mol. The number of nitrogens with zero attached hydrogens (tertiary/aromatic N) is 1. The normalized spacial score (nSPS) is 11.0. The summed E-state index contributed by atoms with van der Waals surface area (Å²) in [6.45, 7) is 0.887. The molecule has 0 spiro atoms. The molecule has 140 valence electrons. The third kappa shape index (κ3) is 3.30. The van der Waals surface area contributed by atoms with Crippen LogP contribution >= 0.6 is 0 Å². The topological polar surface area (TPSA) is 48.3 Å². The second kappa shape index (κ2) is 7.22. The van der Waals surface area contributed by atoms with E-state index in [9.17, 15) is 27.2 Å². The summed E-state index contributed by atoms with van der Waals surface area (Å²) in [5.74, 6) is -4.90. The van der Waals surface area contributed by atoms with Gasteiger partial charge in [-0.05, 0) is 31.2 Å². The molecular formula is C19H13F4NO3. The highest BCUT2D eigenvalue weighted by atomic mass is 19.1. The Bertz CT molecular complexity index is 1090. The van der Waals surface area contributed by atoms with Crippen LogP contribution in [-0.4, -0.2) is 17.1 Å². The number of esters is 1. The van der Waals surface area contributed by atoms with Gasteiger partial charge in [-0.2, -0.15) is 0 Å². The maximum Gasteiger partial charge on any atom is 0.343 e. The molecule has 1 heterocycles. The van der Waals surface area contributed by atoms with E-state index in [4.69, 9.17) is 4.74 Å². The number of ether oxygens (including phenoxy) is 1. The van der Waals surface area contributed by atoms with Crippen LogP contribution in [0, 0.1) is 23.3 Å². The van der Waals surface area contributed by atoms with E-state index in [0.29, 0.717) is 0 Å². The van der Waals surface area contributed by atoms with E-state index in [1.54, 1.807) is 0 Å². The molecule has 4 nitrogen and oxygen atoms in total. The van der Waals surface area contributed by atoms with Crippen molar-refractivity contribution in [3.63, 3.8) is 0 Å². The van der Waals surface area contributed by atoms with Crippen LogP contribution in [0.25, 0.3) is 10.9 Å². The van der Waals surface area contributed by atoms with Crippen LogP contribution in [0.5, 0.6) is 0 Å². The molecule has 0 N–H and O–H groups in total. The van der Waals surface area contributed by atoms with Crippen molar-refractivity contribution in [2.45, 2.75) is 13.5 Å². The minimum absolute atomic E-state index is 0.0517. The second-order valence-electron chi connectivity index (χ2n) is 5.67. The third-order valence-corrected chi connectivity index (χ3v) is 4.01. The number of pyridine rings is 1. The smallest absolute Gasteiger partial charge is 0.343 e. The van der Waals surface area contributed by atoms with Crippen LogP contribution in [0.15, 0.2) is 41.3 Å². The zero-order valence-electron chi connectivity index (χ0n) is 14.1. The molecule has 0 aliphatic carbocycles. The van der Waals surface area contributed by atoms with E-state index in [2.05, 4.69) is 0 Å². The van der Waals surface area contributed by atoms with Crippen molar-refractivity contribution in [2.75, 3.05) is 6.61 Å². The number of hydrogen-bond donors (Lipinski definition) is 0. The molecule has 0 atom stereocenters. The average molecular weight is 379 g/mol. The first kappa shape index (κ1) is 18.6. The summed E-state index contributed by atoms with van der Waals surface area (Å²) < 4.78 is 62.3. The summed E-state index contributed by atoms with van der Waals surface area (Å²) in [6.07, 6.45) is 0.914. The Balaban J connectivity index is 2.34. The fourth-order valence-electron chi connectivity index (χ4n) is 2.78. The van der Waals surface area contributed by atoms with E-state index < -0.39 is 63.2 Å². The largest absolute Gasteiger partial charge is 0.462 e. The first-order valence-corrected chi connectivity index (χ1v) is 7.96. The van der Waals surface area contributed by atoms with Crippen molar-refractivity contribution >= 4 is 16.9 Å². The molecule has 1 aromatic heterocycles. The summed E-state index contributed by atoms with van der Waals surface area (Å²) in [6, 6.07) is 4.69. The summed E-state index contributed by atoms with van der Waals surface area (Å²) in [5, 5.41) is -0.697. The van der Waals surface area contributed by atoms with E-state index in [1.165, 1.54) is 6.92 Å². The number of carbonyl (C=O) groups is 1. The number of hydrogen-bond acceptors (Lipinski definition) is 3. The Morgan fingerprint density at radius 2 is 1.63 bits per heavy atom. The van der Waals surface area contributed by atoms with Crippen LogP contribution in [0.4, 0.5) is 17.6 Å². The summed E-state index contributed by atoms with van der Waals surface area (Å²) in [7, 11) is 0. The summed E-state index contributed by atoms with van der Waals surface area (Å²) >= 11 is 0. The maximum atomic E-state index is 14.4. The van der Waals surface area contributed by atoms with E-state index in [1.807, 2.05) is 0 Å². The van der Waals surface area contributed by atoms with Gasteiger partial charge in [0.1, 0.15) is 28.8 Å². The zero-order chi connectivity index (χ0) is 19.7. The number of rotatable bonds is 4. The predicted octanol–water partition coefficient (Wildman–Crippen LogP) is 3.78. The summed E-state index contributed by atoms with van der Waals surface area (Å²) in [4.78, 5) is 24.5. The zero-order valence-corrected chi connectivity index (χ0v) is 14.1. The molecule has 3 aromatic rings. The molecule has 8 heteroatoms. The van der Waals surface area contributed by atoms with Crippen LogP contribution in [-0.2, 0) is 11.3 Å². The van der Waals surface area contributed by atoms with Crippen LogP contribution in [0.1, 0.15) is 22.8 Å². The molecule has 2 aromatic carbocycles. The SMILES string of the molecule is CCOC(=O)c1cn(Cc2c(F)cccc2F)c2c(F)ccc(F)c2c1=O. The number of carbonyl (C=O) groups excluding carboxylic acids is 1. The van der Waals surface area contributed by atoms with Crippen molar-refractivity contribution in [3.8, 4) is 0 Å². The Kier molecular flexibility index (Phi) is 4.98. The molecule has 0 amide bonds. The van der Waals surface area contributed by atoms with Crippen molar-refractivity contribution in [1.29, 1.82) is 0 Å². The summed E-state index contributed by atoms with van der Waals surface area (Å²) in [5.41, 5.74) is -2.56. The molecule has 3 rings (SSSR count). The van der Waals surface area contributed by atoms with Gasteiger partial charge in [-0.3, -0.25) is 4.79 Å². The average Bonchev–Trinajstić information content (AvgIpc) is 2.62. The fraction of sp³-hybridized carbons (Fsp3) is 0.158. The quantitative estimate of drug-likeness (QED) is 0.512. The van der Waals surface area contributed by atoms with Gasteiger partial charge >= 0.3 is 5.97 Å². The number of fused-ring (bicyclic) bond motifs is 1. The highest BCUT2D eigenvalue weighted by Crippen LogP contribution is 2.22. The number of benzene rings is 2. The lowest BCUT2D eigenvalue weighted by Gasteiger charge is -2.15. The van der Waals surface area contributed by atoms with Crippen LogP contribution in [0.3, 0.4) is 0 Å². The van der Waals surface area contributed by atoms with E-state index in [0.717, 1.165) is 41.1 Å². The molecule has 0 saturated carbocycles. The molecule has 0 saturated heterocycles. The van der Waals surface area contributed by atoms with Crippen molar-refractivity contribution < 1.29 is 27.1 Å². The van der Waals surface area contributed by atoms with Crippen molar-refractivity contribution in [2.24, 2.45) is 0 Å². The third-order valence-electron chi connectivity index (χ3n) is 4.01. The molecule has 0 bridgehead atoms. The van der Waals surface area contributed by atoms with Crippen molar-refractivity contribution in [3.05, 3.63) is 81.1 Å². The van der Waals surface area contributed by atoms with Gasteiger partial charge in [-0.15, -0.1) is 0 Å². The Labute approximate surface area is 150 Å². The lowest BCUT2D eigenvalue weighted by molar-refractivity contribution is 0.0524. The number of halogens is 4. The Morgan fingerprint density at radius 3 is 2.26 bits per heavy atom. The molecule has 0 radical (unpaired) electrons. The fourth-order valence-corrected chi connectivity index (χ4v) is 2.78. The van der Waals surface area contributed by atoms with Gasteiger partial charge in [-0.25, -0.2) is 22.4 Å². The van der Waals surface area contributed by atoms with Crippen LogP contribution in [0.2, 0.25) is 0 Å². The van der Waals surface area contributed by atoms with Gasteiger partial charge in [-0.1, -0.05) is 6.07 Å². The molecule has 0 aliphatic rings. The predicted molar refractivity (Wildman–Crippen MR) is 89.5 cm³/mol. The Morgan fingerprint density at radius 1 is 1.00 bits per heavy atom. The lowest BCUT2D eigenvalue weighted by atomic mass is 10.1. The van der Waals surface area contributed by atoms with Gasteiger partial charge in [0.05, 0.1) is 24.1 Å². The minimum atomic E-state index is -1.06. The Hall–Kier alpha value is -3.16. The first-order chi connectivity index (χ1) is 12.8. The van der Waals surface area contributed by atoms with Crippen LogP contribution < -0.4 is 5.43 Å². The molecule has 0 fully saturated rings. The highest BCUT2D eigenvalue weighted by molar-refractivity contribution is 5.94. The second-order valence-corrected chi connectivity index (χ2v) is 5.67. The van der Waals surface area contributed by atoms with Gasteiger partial charge in [0.2, 0.25) is 5.43 Å².